The number of benzene rings is 2. The molecule has 4 heterocycles. The highest BCUT2D eigenvalue weighted by Crippen LogP contribution is 2.60. The monoisotopic (exact) mass is 586 g/mol. The Morgan fingerprint density at radius 1 is 0.558 bits per heavy atom. The fourth-order valence-corrected chi connectivity index (χ4v) is 8.76. The fraction of sp³-hybridized carbons (Fsp3) is 0.700. The molecule has 3 nitrogen and oxygen atoms in total. The molecule has 0 saturated heterocycles. The van der Waals surface area contributed by atoms with Gasteiger partial charge in [0.1, 0.15) is 34.5 Å². The van der Waals surface area contributed by atoms with Gasteiger partial charge in [0.2, 0.25) is 0 Å². The molecule has 2 saturated carbocycles. The van der Waals surface area contributed by atoms with E-state index in [9.17, 15) is 0 Å². The minimum atomic E-state index is 0.660. The largest absolute Gasteiger partial charge is 0.456 e. The molecule has 0 amide bonds. The molecule has 0 spiro atoms. The summed E-state index contributed by atoms with van der Waals surface area (Å²) in [5.41, 5.74) is 5.59. The first-order valence-electron chi connectivity index (χ1n) is 18.6. The summed E-state index contributed by atoms with van der Waals surface area (Å²) in [6.07, 6.45) is 26.1. The Morgan fingerprint density at radius 2 is 0.977 bits per heavy atom. The highest BCUT2D eigenvalue weighted by atomic mass is 16.5. The summed E-state index contributed by atoms with van der Waals surface area (Å²) >= 11 is 0. The number of rotatable bonds is 16. The van der Waals surface area contributed by atoms with Crippen LogP contribution in [0.25, 0.3) is 0 Å². The molecule has 236 valence electrons. The molecular formula is C40H58O3. The van der Waals surface area contributed by atoms with Crippen LogP contribution in [0.1, 0.15) is 177 Å². The zero-order valence-electron chi connectivity index (χ0n) is 27.8. The average Bonchev–Trinajstić information content (AvgIpc) is 3.00. The van der Waals surface area contributed by atoms with Gasteiger partial charge in [-0.15, -0.1) is 0 Å². The van der Waals surface area contributed by atoms with Gasteiger partial charge in [-0.3, -0.25) is 0 Å². The van der Waals surface area contributed by atoms with Crippen LogP contribution in [0, 0.1) is 11.8 Å². The van der Waals surface area contributed by atoms with E-state index in [-0.39, 0.29) is 0 Å². The van der Waals surface area contributed by atoms with E-state index in [1.54, 1.807) is 0 Å². The Balaban J connectivity index is 1.16. The minimum Gasteiger partial charge on any atom is -0.456 e. The second kappa shape index (κ2) is 14.3. The summed E-state index contributed by atoms with van der Waals surface area (Å²) in [6, 6.07) is 4.46. The molecule has 0 N–H and O–H groups in total. The fourth-order valence-electron chi connectivity index (χ4n) is 8.76. The van der Waals surface area contributed by atoms with E-state index in [2.05, 4.69) is 39.8 Å². The zero-order chi connectivity index (χ0) is 29.8. The van der Waals surface area contributed by atoms with Gasteiger partial charge in [0, 0.05) is 34.4 Å². The van der Waals surface area contributed by atoms with E-state index < -0.39 is 0 Å². The van der Waals surface area contributed by atoms with Crippen LogP contribution in [0.15, 0.2) is 12.1 Å². The van der Waals surface area contributed by atoms with Crippen molar-refractivity contribution in [3.63, 3.8) is 0 Å². The highest BCUT2D eigenvalue weighted by molar-refractivity contribution is 5.70. The van der Waals surface area contributed by atoms with E-state index in [1.807, 2.05) is 0 Å². The summed E-state index contributed by atoms with van der Waals surface area (Å²) < 4.78 is 19.5. The molecule has 4 aliphatic heterocycles. The molecule has 6 aliphatic rings. The molecule has 2 aromatic carbocycles. The summed E-state index contributed by atoms with van der Waals surface area (Å²) in [5.74, 6) is 9.70. The van der Waals surface area contributed by atoms with Crippen molar-refractivity contribution in [3.05, 3.63) is 34.4 Å². The first-order chi connectivity index (χ1) is 21.1. The van der Waals surface area contributed by atoms with Crippen LogP contribution < -0.4 is 14.2 Å². The van der Waals surface area contributed by atoms with Gasteiger partial charge < -0.3 is 14.2 Å². The van der Waals surface area contributed by atoms with Crippen LogP contribution in [0.2, 0.25) is 0 Å². The Hall–Kier alpha value is -2.16. The van der Waals surface area contributed by atoms with Crippen molar-refractivity contribution in [3.8, 4) is 34.5 Å². The zero-order valence-corrected chi connectivity index (χ0v) is 27.8. The van der Waals surface area contributed by atoms with E-state index in [4.69, 9.17) is 14.2 Å². The molecule has 0 radical (unpaired) electrons. The smallest absolute Gasteiger partial charge is 0.141 e. The molecule has 3 heteroatoms. The van der Waals surface area contributed by atoms with Crippen LogP contribution in [0.5, 0.6) is 34.5 Å². The predicted octanol–water partition coefficient (Wildman–Crippen LogP) is 13.3. The Morgan fingerprint density at radius 3 is 1.35 bits per heavy atom. The first-order valence-corrected chi connectivity index (χ1v) is 18.6. The van der Waals surface area contributed by atoms with Gasteiger partial charge in [0.05, 0.1) is 0 Å². The Labute approximate surface area is 262 Å². The van der Waals surface area contributed by atoms with Gasteiger partial charge in [-0.25, -0.2) is 0 Å². The molecule has 8 rings (SSSR count). The topological polar surface area (TPSA) is 27.7 Å². The molecule has 0 atom stereocenters. The third-order valence-corrected chi connectivity index (χ3v) is 11.3. The molecule has 4 bridgehead atoms. The van der Waals surface area contributed by atoms with Crippen LogP contribution >= 0.6 is 0 Å². The van der Waals surface area contributed by atoms with Crippen LogP contribution in [0.3, 0.4) is 0 Å². The quantitative estimate of drug-likeness (QED) is 0.122. The van der Waals surface area contributed by atoms with Gasteiger partial charge in [-0.1, -0.05) is 91.9 Å². The lowest BCUT2D eigenvalue weighted by Gasteiger charge is -2.38. The van der Waals surface area contributed by atoms with Gasteiger partial charge in [-0.05, 0) is 87.9 Å². The molecule has 0 aromatic heterocycles. The number of unbranched alkanes of at least 4 members (excludes halogenated alkanes) is 4. The molecular weight excluding hydrogens is 528 g/mol. The van der Waals surface area contributed by atoms with Crippen molar-refractivity contribution >= 4 is 0 Å². The standard InChI is InChI=1S/C40H58O3/c1-5-9-11-15-27-17-21-29(22-18-27)37-35-25-33(31(13-7-3)39(37)42-35)41-34-26-36-38(40(43-36)32(34)14-8-4)30-23-19-28(20-24-30)16-12-10-6-2/h25-30H,5-24H2,1-4H3/t27-,28-,29-,30-. The normalized spacial score (nSPS) is 23.6. The van der Waals surface area contributed by atoms with E-state index in [0.717, 1.165) is 72.0 Å². The molecule has 2 aliphatic carbocycles. The second-order valence-corrected chi connectivity index (χ2v) is 14.4. The summed E-state index contributed by atoms with van der Waals surface area (Å²) in [5, 5.41) is 0. The molecule has 2 fully saturated rings. The highest BCUT2D eigenvalue weighted by Gasteiger charge is 2.38. The third-order valence-electron chi connectivity index (χ3n) is 11.3. The number of hydrogen-bond donors (Lipinski definition) is 0. The van der Waals surface area contributed by atoms with Gasteiger partial charge >= 0.3 is 0 Å². The Kier molecular flexibility index (Phi) is 10.3. The summed E-state index contributed by atoms with van der Waals surface area (Å²) in [4.78, 5) is 0. The number of hydrogen-bond acceptors (Lipinski definition) is 3. The third kappa shape index (κ3) is 6.48. The molecule has 0 unspecified atom stereocenters. The van der Waals surface area contributed by atoms with Crippen molar-refractivity contribution in [1.82, 2.24) is 0 Å². The SMILES string of the molecule is CCCCC[C@H]1CC[C@H](c2c3cc(Oc4cc5c([C@H]6CC[C@H](CCCCC)CC6)c(c4CCC)O5)c(CCC)c2O3)CC1. The summed E-state index contributed by atoms with van der Waals surface area (Å²) in [7, 11) is 0. The van der Waals surface area contributed by atoms with Crippen molar-refractivity contribution in [2.45, 2.75) is 168 Å². The first kappa shape index (κ1) is 30.8. The van der Waals surface area contributed by atoms with Gasteiger partial charge in [-0.2, -0.15) is 0 Å². The maximum absolute atomic E-state index is 6.86. The Bertz CT molecular complexity index is 1130. The van der Waals surface area contributed by atoms with Gasteiger partial charge in [0.25, 0.3) is 0 Å². The van der Waals surface area contributed by atoms with Gasteiger partial charge in [0.15, 0.2) is 0 Å². The average molecular weight is 587 g/mol. The van der Waals surface area contributed by atoms with Crippen molar-refractivity contribution in [2.75, 3.05) is 0 Å². The lowest BCUT2D eigenvalue weighted by Crippen LogP contribution is -2.20. The van der Waals surface area contributed by atoms with Crippen LogP contribution in [0.4, 0.5) is 0 Å². The second-order valence-electron chi connectivity index (χ2n) is 14.4. The maximum atomic E-state index is 6.86. The van der Waals surface area contributed by atoms with Crippen molar-refractivity contribution in [1.29, 1.82) is 0 Å². The molecule has 43 heavy (non-hydrogen) atoms. The lowest BCUT2D eigenvalue weighted by atomic mass is 9.75. The lowest BCUT2D eigenvalue weighted by molar-refractivity contribution is 0.282. The van der Waals surface area contributed by atoms with Crippen molar-refractivity contribution < 1.29 is 14.2 Å². The number of ether oxygens (including phenoxy) is 3. The van der Waals surface area contributed by atoms with E-state index >= 15 is 0 Å². The van der Waals surface area contributed by atoms with E-state index in [0.29, 0.717) is 11.8 Å². The minimum absolute atomic E-state index is 0.660. The van der Waals surface area contributed by atoms with Crippen LogP contribution in [-0.4, -0.2) is 0 Å². The predicted molar refractivity (Wildman–Crippen MR) is 179 cm³/mol. The maximum Gasteiger partial charge on any atom is 0.141 e. The van der Waals surface area contributed by atoms with E-state index in [1.165, 1.54) is 125 Å². The summed E-state index contributed by atoms with van der Waals surface area (Å²) in [6.45, 7) is 9.16. The van der Waals surface area contributed by atoms with Crippen LogP contribution in [-0.2, 0) is 12.8 Å². The number of fused-ring (bicyclic) bond motifs is 4. The van der Waals surface area contributed by atoms with Crippen molar-refractivity contribution in [2.24, 2.45) is 11.8 Å². The molecule has 2 aromatic rings.